The molecule has 3 N–H and O–H groups in total. The predicted octanol–water partition coefficient (Wildman–Crippen LogP) is 4.70. The maximum absolute atomic E-state index is 16.1. The zero-order valence-corrected chi connectivity index (χ0v) is 27.0. The van der Waals surface area contributed by atoms with Crippen LogP contribution >= 0.6 is 0 Å². The fourth-order valence-electron chi connectivity index (χ4n) is 6.93. The van der Waals surface area contributed by atoms with Crippen molar-refractivity contribution in [2.24, 2.45) is 17.8 Å². The molecule has 13 heteroatoms. The van der Waals surface area contributed by atoms with Crippen molar-refractivity contribution in [3.63, 3.8) is 0 Å². The minimum atomic E-state index is -1.33. The first kappa shape index (κ1) is 31.6. The Morgan fingerprint density at radius 2 is 1.90 bits per heavy atom. The lowest BCUT2D eigenvalue weighted by Crippen LogP contribution is -2.41. The van der Waals surface area contributed by atoms with Gasteiger partial charge in [0, 0.05) is 23.6 Å². The van der Waals surface area contributed by atoms with E-state index < -0.39 is 53.2 Å². The predicted molar refractivity (Wildman–Crippen MR) is 167 cm³/mol. The molecule has 0 aliphatic carbocycles. The Hall–Kier alpha value is -5.04. The number of carbonyl (C=O) groups is 3. The molecule has 4 bridgehead atoms. The Morgan fingerprint density at radius 3 is 2.62 bits per heavy atom. The topological polar surface area (TPSA) is 166 Å². The van der Waals surface area contributed by atoms with Crippen molar-refractivity contribution in [1.82, 2.24) is 15.3 Å². The number of hydrogen-bond donors (Lipinski definition) is 3. The molecule has 5 heterocycles. The van der Waals surface area contributed by atoms with E-state index in [2.05, 4.69) is 15.6 Å². The molecule has 3 aliphatic rings. The van der Waals surface area contributed by atoms with E-state index in [9.17, 15) is 19.5 Å². The largest absolute Gasteiger partial charge is 0.465 e. The zero-order chi connectivity index (χ0) is 34.1. The van der Waals surface area contributed by atoms with E-state index in [1.165, 1.54) is 13.2 Å². The van der Waals surface area contributed by atoms with Gasteiger partial charge in [-0.05, 0) is 41.5 Å². The number of rotatable bonds is 7. The molecule has 0 radical (unpaired) electrons. The second-order valence-electron chi connectivity index (χ2n) is 13.2. The lowest BCUT2D eigenvalue weighted by Gasteiger charge is -2.28. The first-order chi connectivity index (χ1) is 22.9. The molecule has 1 spiro atoms. The van der Waals surface area contributed by atoms with Gasteiger partial charge in [-0.15, -0.1) is 0 Å². The smallest absolute Gasteiger partial charge is 0.360 e. The summed E-state index contributed by atoms with van der Waals surface area (Å²) in [4.78, 5) is 48.7. The van der Waals surface area contributed by atoms with Crippen LogP contribution in [-0.2, 0) is 26.2 Å². The molecule has 0 saturated heterocycles. The molecule has 7 rings (SSSR count). The van der Waals surface area contributed by atoms with Crippen LogP contribution in [0.5, 0.6) is 5.75 Å². The number of amides is 1. The Labute approximate surface area is 275 Å². The van der Waals surface area contributed by atoms with Gasteiger partial charge in [-0.2, -0.15) is 0 Å². The van der Waals surface area contributed by atoms with Gasteiger partial charge in [0.05, 0.1) is 7.11 Å². The first-order valence-electron chi connectivity index (χ1n) is 15.9. The number of oxazole rings is 2. The quantitative estimate of drug-likeness (QED) is 0.236. The van der Waals surface area contributed by atoms with Crippen LogP contribution in [0.2, 0.25) is 0 Å². The van der Waals surface area contributed by atoms with Crippen LogP contribution in [0.3, 0.4) is 0 Å². The number of aromatic nitrogens is 2. The monoisotopic (exact) mass is 658 g/mol. The highest BCUT2D eigenvalue weighted by atomic mass is 19.1. The summed E-state index contributed by atoms with van der Waals surface area (Å²) in [6.07, 6.45) is -1.26. The van der Waals surface area contributed by atoms with Gasteiger partial charge in [-0.1, -0.05) is 52.0 Å². The highest BCUT2D eigenvalue weighted by Crippen LogP contribution is 2.60. The van der Waals surface area contributed by atoms with Crippen LogP contribution < -0.4 is 15.4 Å². The highest BCUT2D eigenvalue weighted by molar-refractivity contribution is 5.90. The van der Waals surface area contributed by atoms with Crippen molar-refractivity contribution >= 4 is 23.3 Å². The van der Waals surface area contributed by atoms with Gasteiger partial charge in [0.1, 0.15) is 23.8 Å². The number of aliphatic hydroxyl groups is 1. The normalized spacial score (nSPS) is 22.9. The van der Waals surface area contributed by atoms with Gasteiger partial charge < -0.3 is 34.0 Å². The summed E-state index contributed by atoms with van der Waals surface area (Å²) in [5.41, 5.74) is 0.988. The number of fused-ring (bicyclic) bond motifs is 4. The number of carbonyl (C=O) groups excluding carboxylic acids is 3. The number of benzene rings is 2. The van der Waals surface area contributed by atoms with E-state index in [1.807, 2.05) is 38.1 Å². The van der Waals surface area contributed by atoms with Crippen molar-refractivity contribution in [2.75, 3.05) is 12.4 Å². The number of ether oxygens (including phenoxy) is 2. The molecule has 2 aromatic carbocycles. The molecule has 3 aliphatic heterocycles. The lowest BCUT2D eigenvalue weighted by molar-refractivity contribution is -0.135. The van der Waals surface area contributed by atoms with Gasteiger partial charge in [0.2, 0.25) is 17.7 Å². The molecule has 12 nitrogen and oxygen atoms in total. The van der Waals surface area contributed by atoms with Crippen LogP contribution in [0.4, 0.5) is 10.1 Å². The van der Waals surface area contributed by atoms with Crippen LogP contribution in [0.25, 0.3) is 11.6 Å². The van der Waals surface area contributed by atoms with Crippen molar-refractivity contribution in [3.05, 3.63) is 82.5 Å². The number of esters is 1. The maximum atomic E-state index is 16.1. The molecular formula is C35H35FN4O8. The van der Waals surface area contributed by atoms with Gasteiger partial charge in [0.25, 0.3) is 0 Å². The molecule has 48 heavy (non-hydrogen) atoms. The van der Waals surface area contributed by atoms with Gasteiger partial charge >= 0.3 is 5.97 Å². The molecule has 0 fully saturated rings. The molecule has 1 amide bonds. The van der Waals surface area contributed by atoms with Gasteiger partial charge in [0.15, 0.2) is 40.7 Å². The van der Waals surface area contributed by atoms with Gasteiger partial charge in [-0.3, -0.25) is 9.59 Å². The lowest BCUT2D eigenvalue weighted by atomic mass is 9.72. The van der Waals surface area contributed by atoms with Crippen molar-refractivity contribution in [2.45, 2.75) is 64.3 Å². The molecule has 0 saturated carbocycles. The maximum Gasteiger partial charge on any atom is 0.360 e. The minimum Gasteiger partial charge on any atom is -0.465 e. The Morgan fingerprint density at radius 1 is 1.12 bits per heavy atom. The van der Waals surface area contributed by atoms with Crippen LogP contribution in [-0.4, -0.2) is 52.2 Å². The van der Waals surface area contributed by atoms with Crippen molar-refractivity contribution in [3.8, 4) is 17.3 Å². The van der Waals surface area contributed by atoms with E-state index in [-0.39, 0.29) is 59.4 Å². The summed E-state index contributed by atoms with van der Waals surface area (Å²) in [5.74, 6) is -3.66. The van der Waals surface area contributed by atoms with E-state index >= 15 is 4.39 Å². The standard InChI is InChI=1S/C35H35FN4O8/c1-15(2)25-32-40-26(31-37-23(14-46-31)33(44)45-5)29(48-32)35-19-8-6-7-9-22(19)38-34(35)47-28-20(35)11-17(12-21(28)36)10-18(30(43)39-25)13-24(41)27(42)16(3)4/h6-9,11-12,14-16,18,25,27,34,38,42H,10,13H2,1-5H3,(H,39,43)/t18-,25+,27+,34?,35+/m1/s1. The van der Waals surface area contributed by atoms with E-state index in [1.54, 1.807) is 19.9 Å². The second kappa shape index (κ2) is 11.6. The third-order valence-corrected chi connectivity index (χ3v) is 9.39. The van der Waals surface area contributed by atoms with E-state index in [0.717, 1.165) is 12.0 Å². The number of nitrogens with zero attached hydrogens (tertiary/aromatic N) is 2. The summed E-state index contributed by atoms with van der Waals surface area (Å²) in [7, 11) is 1.22. The van der Waals surface area contributed by atoms with Crippen LogP contribution in [0, 0.1) is 23.6 Å². The summed E-state index contributed by atoms with van der Waals surface area (Å²) < 4.78 is 39.7. The number of methoxy groups -OCH3 is 1. The number of hydrogen-bond acceptors (Lipinski definition) is 11. The number of para-hydroxylation sites is 1. The fourth-order valence-corrected chi connectivity index (χ4v) is 6.93. The Bertz CT molecular complexity index is 1950. The summed E-state index contributed by atoms with van der Waals surface area (Å²) >= 11 is 0. The van der Waals surface area contributed by atoms with E-state index in [4.69, 9.17) is 23.3 Å². The Kier molecular flexibility index (Phi) is 7.61. The fraction of sp³-hybridized carbons (Fsp3) is 0.400. The number of anilines is 1. The number of halogens is 1. The molecular weight excluding hydrogens is 623 g/mol. The minimum absolute atomic E-state index is 0.00862. The average molecular weight is 659 g/mol. The number of ketones is 1. The second-order valence-corrected chi connectivity index (χ2v) is 13.2. The van der Waals surface area contributed by atoms with Crippen molar-refractivity contribution in [1.29, 1.82) is 0 Å². The number of aliphatic hydroxyl groups excluding tert-OH is 1. The summed E-state index contributed by atoms with van der Waals surface area (Å²) in [6.45, 7) is 7.20. The molecule has 4 aromatic rings. The van der Waals surface area contributed by atoms with Crippen LogP contribution in [0.15, 0.2) is 51.5 Å². The van der Waals surface area contributed by atoms with E-state index in [0.29, 0.717) is 16.7 Å². The summed E-state index contributed by atoms with van der Waals surface area (Å²) in [6, 6.07) is 9.74. The zero-order valence-electron chi connectivity index (χ0n) is 27.0. The molecule has 1 unspecified atom stereocenters. The first-order valence-corrected chi connectivity index (χ1v) is 15.9. The summed E-state index contributed by atoms with van der Waals surface area (Å²) in [5, 5.41) is 16.9. The van der Waals surface area contributed by atoms with Gasteiger partial charge in [-0.25, -0.2) is 19.2 Å². The molecule has 5 atom stereocenters. The third kappa shape index (κ3) is 4.78. The SMILES string of the molecule is COC(=O)c1coc(-c2nc3oc2[C@@]24c5ccccc5NC2Oc2c(F)cc(cc24)C[C@H](CC(=O)[C@@H](O)C(C)C)C(=O)N[C@H]3C(C)C)n1. The highest BCUT2D eigenvalue weighted by Gasteiger charge is 2.62. The number of nitrogens with one attached hydrogen (secondary N) is 2. The van der Waals surface area contributed by atoms with Crippen LogP contribution in [0.1, 0.15) is 79.0 Å². The number of Topliss-reactive ketones (excluding diaryl/α,β-unsaturated/α-hetero) is 1. The molecule has 250 valence electrons. The average Bonchev–Trinajstić information content (AvgIpc) is 3.83. The van der Waals surface area contributed by atoms with Crippen molar-refractivity contribution < 1.29 is 42.2 Å². The Balaban J connectivity index is 1.50. The third-order valence-electron chi connectivity index (χ3n) is 9.39. The molecule has 2 aromatic heterocycles.